The molecule has 0 radical (unpaired) electrons. The van der Waals surface area contributed by atoms with Gasteiger partial charge in [-0.3, -0.25) is 0 Å². The Kier molecular flexibility index (Phi) is 2.77. The summed E-state index contributed by atoms with van der Waals surface area (Å²) >= 11 is 0. The first kappa shape index (κ1) is 10.3. The summed E-state index contributed by atoms with van der Waals surface area (Å²) in [6, 6.07) is 4.67. The molecule has 72 valence electrons. The zero-order valence-electron chi connectivity index (χ0n) is 7.87. The van der Waals surface area contributed by atoms with Gasteiger partial charge in [0.2, 0.25) is 0 Å². The van der Waals surface area contributed by atoms with E-state index in [0.717, 1.165) is 0 Å². The van der Waals surface area contributed by atoms with E-state index in [0.29, 0.717) is 0 Å². The second kappa shape index (κ2) is 3.51. The molecule has 1 rings (SSSR count). The van der Waals surface area contributed by atoms with E-state index in [4.69, 9.17) is 4.74 Å². The fourth-order valence-corrected chi connectivity index (χ4v) is 2.10. The molecule has 0 bridgehead atoms. The van der Waals surface area contributed by atoms with Gasteiger partial charge in [0, 0.05) is 0 Å². The van der Waals surface area contributed by atoms with Crippen molar-refractivity contribution >= 4 is 12.4 Å². The average Bonchev–Trinajstić information content (AvgIpc) is 2.02. The van der Waals surface area contributed by atoms with Crippen LogP contribution in [0.1, 0.15) is 0 Å². The molecule has 0 aromatic heterocycles. The summed E-state index contributed by atoms with van der Waals surface area (Å²) in [7, 11) is -1.16. The van der Waals surface area contributed by atoms with Gasteiger partial charge in [0.05, 0.1) is 12.4 Å². The van der Waals surface area contributed by atoms with Crippen LogP contribution in [-0.4, -0.2) is 20.4 Å². The largest absolute Gasteiger partial charge is 0.494 e. The molecule has 4 heteroatoms. The Bertz CT molecular complexity index is 357. The van der Waals surface area contributed by atoms with E-state index >= 15 is 0 Å². The monoisotopic (exact) mass is 202 g/mol. The lowest BCUT2D eigenvalue weighted by molar-refractivity contribution is 0.388. The molecule has 0 spiro atoms. The fraction of sp³-hybridized carbons (Fsp3) is 0.333. The van der Waals surface area contributed by atoms with Crippen LogP contribution in [0.5, 0.6) is 5.75 Å². The molecule has 0 unspecified atom stereocenters. The van der Waals surface area contributed by atoms with Crippen molar-refractivity contribution in [3.63, 3.8) is 0 Å². The van der Waals surface area contributed by atoms with Crippen LogP contribution in [0.15, 0.2) is 18.2 Å². The lowest BCUT2D eigenvalue weighted by Crippen LogP contribution is -2.09. The van der Waals surface area contributed by atoms with E-state index in [9.17, 15) is 8.96 Å². The van der Waals surface area contributed by atoms with Gasteiger partial charge in [-0.1, -0.05) is 6.07 Å². The van der Waals surface area contributed by atoms with Crippen molar-refractivity contribution in [3.8, 4) is 5.75 Å². The van der Waals surface area contributed by atoms with E-state index in [1.807, 2.05) is 0 Å². The van der Waals surface area contributed by atoms with E-state index < -0.39 is 13.0 Å². The maximum atomic E-state index is 13.5. The molecule has 0 saturated carbocycles. The number of halogens is 1. The van der Waals surface area contributed by atoms with Crippen molar-refractivity contribution in [1.29, 1.82) is 0 Å². The van der Waals surface area contributed by atoms with Crippen molar-refractivity contribution in [1.82, 2.24) is 0 Å². The Morgan fingerprint density at radius 1 is 1.38 bits per heavy atom. The summed E-state index contributed by atoms with van der Waals surface area (Å²) in [6.07, 6.45) is 0. The molecular weight excluding hydrogens is 190 g/mol. The van der Waals surface area contributed by atoms with Gasteiger partial charge in [0.25, 0.3) is 0 Å². The fourth-order valence-electron chi connectivity index (χ4n) is 1.07. The lowest BCUT2D eigenvalue weighted by atomic mass is 10.3. The Balaban J connectivity index is 3.32. The molecule has 0 heterocycles. The van der Waals surface area contributed by atoms with Crippen LogP contribution in [0.4, 0.5) is 4.39 Å². The maximum Gasteiger partial charge on any atom is 0.175 e. The lowest BCUT2D eigenvalue weighted by Gasteiger charge is -2.10. The second-order valence-electron chi connectivity index (χ2n) is 3.14. The van der Waals surface area contributed by atoms with E-state index in [2.05, 4.69) is 0 Å². The quantitative estimate of drug-likeness (QED) is 0.686. The molecule has 0 saturated heterocycles. The zero-order chi connectivity index (χ0) is 10.1. The predicted octanol–water partition coefficient (Wildman–Crippen LogP) is 2.08. The van der Waals surface area contributed by atoms with Gasteiger partial charge in [-0.2, -0.15) is 0 Å². The van der Waals surface area contributed by atoms with Crippen LogP contribution < -0.4 is 10.0 Å². The van der Waals surface area contributed by atoms with Gasteiger partial charge in [0.15, 0.2) is 11.6 Å². The van der Waals surface area contributed by atoms with Crippen LogP contribution in [0.2, 0.25) is 0 Å². The Hall–Kier alpha value is -0.820. The first-order valence-electron chi connectivity index (χ1n) is 3.85. The summed E-state index contributed by atoms with van der Waals surface area (Å²) < 4.78 is 29.9. The number of benzene rings is 1. The number of rotatable bonds is 2. The highest BCUT2D eigenvalue weighted by molar-refractivity contribution is 7.70. The minimum absolute atomic E-state index is 0.140. The number of hydrogen-bond acceptors (Lipinski definition) is 2. The van der Waals surface area contributed by atoms with Gasteiger partial charge < -0.3 is 9.30 Å². The van der Waals surface area contributed by atoms with Gasteiger partial charge >= 0.3 is 0 Å². The van der Waals surface area contributed by atoms with Crippen LogP contribution in [0.3, 0.4) is 0 Å². The zero-order valence-corrected chi connectivity index (χ0v) is 8.77. The maximum absolute atomic E-state index is 13.5. The third-order valence-electron chi connectivity index (χ3n) is 1.74. The van der Waals surface area contributed by atoms with Gasteiger partial charge in [-0.15, -0.1) is 0 Å². The minimum Gasteiger partial charge on any atom is -0.494 e. The third kappa shape index (κ3) is 2.10. The first-order chi connectivity index (χ1) is 5.96. The number of hydrogen-bond donors (Lipinski definition) is 0. The van der Waals surface area contributed by atoms with Crippen molar-refractivity contribution in [2.24, 2.45) is 0 Å². The molecule has 0 atom stereocenters. The minimum atomic E-state index is -2.55. The van der Waals surface area contributed by atoms with Crippen LogP contribution in [0, 0.1) is 5.82 Å². The third-order valence-corrected chi connectivity index (χ3v) is 3.25. The van der Waals surface area contributed by atoms with Crippen LogP contribution in [-0.2, 0) is 4.57 Å². The Morgan fingerprint density at radius 2 is 2.00 bits per heavy atom. The standard InChI is InChI=1S/C9H12FO2P/c1-12-7-5-4-6-8(9(7)10)13(2,3)11/h4-6H,1-3H3. The molecule has 0 amide bonds. The molecular formula is C9H12FO2P. The van der Waals surface area contributed by atoms with Gasteiger partial charge in [-0.05, 0) is 25.5 Å². The molecule has 1 aromatic rings. The topological polar surface area (TPSA) is 26.3 Å². The van der Waals surface area contributed by atoms with E-state index in [1.54, 1.807) is 6.07 Å². The highest BCUT2D eigenvalue weighted by atomic mass is 31.2. The Morgan fingerprint density at radius 3 is 2.46 bits per heavy atom. The van der Waals surface area contributed by atoms with Gasteiger partial charge in [0.1, 0.15) is 7.14 Å². The van der Waals surface area contributed by atoms with Crippen molar-refractivity contribution in [2.75, 3.05) is 20.4 Å². The summed E-state index contributed by atoms with van der Waals surface area (Å²) in [5, 5.41) is 0.242. The molecule has 0 aliphatic rings. The van der Waals surface area contributed by atoms with Crippen molar-refractivity contribution < 1.29 is 13.7 Å². The van der Waals surface area contributed by atoms with E-state index in [-0.39, 0.29) is 11.1 Å². The molecule has 0 aliphatic heterocycles. The first-order valence-corrected chi connectivity index (χ1v) is 6.45. The highest BCUT2D eigenvalue weighted by Gasteiger charge is 2.18. The highest BCUT2D eigenvalue weighted by Crippen LogP contribution is 2.37. The molecule has 1 aromatic carbocycles. The molecule has 0 aliphatic carbocycles. The van der Waals surface area contributed by atoms with Crippen LogP contribution >= 0.6 is 7.14 Å². The van der Waals surface area contributed by atoms with Crippen molar-refractivity contribution in [2.45, 2.75) is 0 Å². The van der Waals surface area contributed by atoms with Crippen LogP contribution in [0.25, 0.3) is 0 Å². The van der Waals surface area contributed by atoms with Gasteiger partial charge in [-0.25, -0.2) is 4.39 Å². The normalized spacial score (nSPS) is 11.4. The molecule has 2 nitrogen and oxygen atoms in total. The van der Waals surface area contributed by atoms with E-state index in [1.165, 1.54) is 32.6 Å². The molecule has 0 N–H and O–H groups in total. The molecule has 13 heavy (non-hydrogen) atoms. The van der Waals surface area contributed by atoms with Crippen molar-refractivity contribution in [3.05, 3.63) is 24.0 Å². The number of methoxy groups -OCH3 is 1. The molecule has 0 fully saturated rings. The Labute approximate surface area is 77.1 Å². The average molecular weight is 202 g/mol. The summed E-state index contributed by atoms with van der Waals surface area (Å²) in [5.41, 5.74) is 0. The predicted molar refractivity (Wildman–Crippen MR) is 52.0 cm³/mol. The summed E-state index contributed by atoms with van der Waals surface area (Å²) in [6.45, 7) is 3.07. The SMILES string of the molecule is COc1cccc(P(C)(C)=O)c1F. The smallest absolute Gasteiger partial charge is 0.175 e. The second-order valence-corrected chi connectivity index (χ2v) is 6.33. The summed E-state index contributed by atoms with van der Waals surface area (Å²) in [5.74, 6) is -0.375. The number of ether oxygens (including phenoxy) is 1. The summed E-state index contributed by atoms with van der Waals surface area (Å²) in [4.78, 5) is 0.